The summed E-state index contributed by atoms with van der Waals surface area (Å²) in [7, 11) is 1.23. The van der Waals surface area contributed by atoms with Gasteiger partial charge in [0.25, 0.3) is 0 Å². The van der Waals surface area contributed by atoms with E-state index < -0.39 is 5.97 Å². The number of ketones is 2. The summed E-state index contributed by atoms with van der Waals surface area (Å²) in [6.07, 6.45) is 6.91. The lowest BCUT2D eigenvalue weighted by molar-refractivity contribution is -0.136. The number of allylic oxidation sites excluding steroid dienone is 6. The predicted molar refractivity (Wildman–Crippen MR) is 55.4 cm³/mol. The average Bonchev–Trinajstić information content (AvgIpc) is 2.28. The van der Waals surface area contributed by atoms with E-state index >= 15 is 0 Å². The van der Waals surface area contributed by atoms with Crippen molar-refractivity contribution in [3.8, 4) is 0 Å². The fourth-order valence-corrected chi connectivity index (χ4v) is 1.61. The molecule has 0 saturated carbocycles. The van der Waals surface area contributed by atoms with Crippen molar-refractivity contribution in [1.82, 2.24) is 0 Å². The molecule has 0 unspecified atom stereocenters. The molecule has 0 atom stereocenters. The lowest BCUT2D eigenvalue weighted by atomic mass is 9.86. The average molecular weight is 216 g/mol. The number of methoxy groups -OCH3 is 1. The number of esters is 1. The third-order valence-corrected chi connectivity index (χ3v) is 2.33. The molecule has 80 valence electrons. The molecule has 0 aromatic carbocycles. The smallest absolute Gasteiger partial charge is 0.338 e. The molecule has 0 amide bonds. The molecule has 0 aliphatic heterocycles. The third-order valence-electron chi connectivity index (χ3n) is 2.33. The Bertz CT molecular complexity index is 515. The predicted octanol–water partition coefficient (Wildman–Crippen LogP) is 0.660. The second-order valence-electron chi connectivity index (χ2n) is 3.31. The Hall–Kier alpha value is -2.23. The van der Waals surface area contributed by atoms with Crippen molar-refractivity contribution in [3.05, 3.63) is 47.1 Å². The summed E-state index contributed by atoms with van der Waals surface area (Å²) in [5.41, 5.74) is 0.817. The van der Waals surface area contributed by atoms with E-state index in [1.165, 1.54) is 25.3 Å². The SMILES string of the molecule is COC(=O)C1=CC(=O)C=C2C(=O)C=CC=C21. The van der Waals surface area contributed by atoms with Crippen molar-refractivity contribution in [2.45, 2.75) is 0 Å². The van der Waals surface area contributed by atoms with Crippen LogP contribution in [0.3, 0.4) is 0 Å². The summed E-state index contributed by atoms with van der Waals surface area (Å²) in [4.78, 5) is 34.3. The molecule has 2 aliphatic carbocycles. The number of carbonyl (C=O) groups excluding carboxylic acids is 3. The minimum atomic E-state index is -0.617. The third kappa shape index (κ3) is 1.54. The summed E-state index contributed by atoms with van der Waals surface area (Å²) in [5, 5.41) is 0. The summed E-state index contributed by atoms with van der Waals surface area (Å²) in [6, 6.07) is 0. The fraction of sp³-hybridized carbons (Fsp3) is 0.0833. The Morgan fingerprint density at radius 3 is 2.62 bits per heavy atom. The van der Waals surface area contributed by atoms with E-state index in [1.807, 2.05) is 0 Å². The standard InChI is InChI=1S/C12H8O4/c1-16-12(15)10-6-7(13)5-9-8(10)3-2-4-11(9)14/h2-6H,1H3. The Morgan fingerprint density at radius 1 is 1.19 bits per heavy atom. The van der Waals surface area contributed by atoms with Gasteiger partial charge in [0.05, 0.1) is 12.7 Å². The van der Waals surface area contributed by atoms with Crippen LogP contribution in [0.2, 0.25) is 0 Å². The van der Waals surface area contributed by atoms with E-state index in [4.69, 9.17) is 0 Å². The van der Waals surface area contributed by atoms with Gasteiger partial charge < -0.3 is 4.74 Å². The van der Waals surface area contributed by atoms with Gasteiger partial charge in [0.2, 0.25) is 0 Å². The Kier molecular flexibility index (Phi) is 2.40. The van der Waals surface area contributed by atoms with Crippen molar-refractivity contribution in [1.29, 1.82) is 0 Å². The van der Waals surface area contributed by atoms with Crippen molar-refractivity contribution in [3.63, 3.8) is 0 Å². The van der Waals surface area contributed by atoms with Crippen LogP contribution in [0.25, 0.3) is 0 Å². The molecule has 0 N–H and O–H groups in total. The monoisotopic (exact) mass is 216 g/mol. The van der Waals surface area contributed by atoms with E-state index in [-0.39, 0.29) is 22.7 Å². The molecular formula is C12H8O4. The molecule has 0 aromatic rings. The van der Waals surface area contributed by atoms with Crippen LogP contribution in [0.4, 0.5) is 0 Å². The Morgan fingerprint density at radius 2 is 1.94 bits per heavy atom. The van der Waals surface area contributed by atoms with E-state index in [0.717, 1.165) is 0 Å². The minimum Gasteiger partial charge on any atom is -0.465 e. The maximum atomic E-state index is 11.5. The zero-order valence-corrected chi connectivity index (χ0v) is 8.52. The zero-order chi connectivity index (χ0) is 11.7. The molecule has 4 heteroatoms. The molecule has 0 heterocycles. The highest BCUT2D eigenvalue weighted by molar-refractivity contribution is 6.21. The lowest BCUT2D eigenvalue weighted by Gasteiger charge is -2.17. The van der Waals surface area contributed by atoms with Crippen LogP contribution < -0.4 is 0 Å². The summed E-state index contributed by atoms with van der Waals surface area (Å²) in [6.45, 7) is 0. The van der Waals surface area contributed by atoms with Gasteiger partial charge in [-0.15, -0.1) is 0 Å². The van der Waals surface area contributed by atoms with Gasteiger partial charge in [0, 0.05) is 17.2 Å². The first kappa shape index (κ1) is 10.3. The summed E-state index contributed by atoms with van der Waals surface area (Å²) < 4.78 is 4.56. The fourth-order valence-electron chi connectivity index (χ4n) is 1.61. The number of hydrogen-bond acceptors (Lipinski definition) is 4. The van der Waals surface area contributed by atoms with Crippen molar-refractivity contribution in [2.75, 3.05) is 7.11 Å². The lowest BCUT2D eigenvalue weighted by Crippen LogP contribution is -2.19. The van der Waals surface area contributed by atoms with E-state index in [0.29, 0.717) is 5.57 Å². The first-order valence-corrected chi connectivity index (χ1v) is 4.62. The second-order valence-corrected chi connectivity index (χ2v) is 3.31. The summed E-state index contributed by atoms with van der Waals surface area (Å²) >= 11 is 0. The number of hydrogen-bond donors (Lipinski definition) is 0. The van der Waals surface area contributed by atoms with Crippen LogP contribution in [-0.2, 0) is 19.1 Å². The number of fused-ring (bicyclic) bond motifs is 1. The summed E-state index contributed by atoms with van der Waals surface area (Å²) in [5.74, 6) is -1.27. The first-order chi connectivity index (χ1) is 7.63. The largest absolute Gasteiger partial charge is 0.465 e. The molecular weight excluding hydrogens is 208 g/mol. The van der Waals surface area contributed by atoms with Crippen LogP contribution in [0, 0.1) is 0 Å². The van der Waals surface area contributed by atoms with Gasteiger partial charge in [-0.25, -0.2) is 4.79 Å². The van der Waals surface area contributed by atoms with Gasteiger partial charge in [-0.1, -0.05) is 12.2 Å². The normalized spacial score (nSPS) is 18.4. The molecule has 0 radical (unpaired) electrons. The zero-order valence-electron chi connectivity index (χ0n) is 8.52. The number of carbonyl (C=O) groups is 3. The van der Waals surface area contributed by atoms with Crippen molar-refractivity contribution in [2.24, 2.45) is 0 Å². The maximum absolute atomic E-state index is 11.5. The van der Waals surface area contributed by atoms with Crippen LogP contribution in [0.5, 0.6) is 0 Å². The van der Waals surface area contributed by atoms with Gasteiger partial charge in [-0.3, -0.25) is 9.59 Å². The van der Waals surface area contributed by atoms with Crippen LogP contribution in [-0.4, -0.2) is 24.6 Å². The van der Waals surface area contributed by atoms with E-state index in [2.05, 4.69) is 4.74 Å². The number of rotatable bonds is 1. The minimum absolute atomic E-state index is 0.128. The quantitative estimate of drug-likeness (QED) is 0.604. The molecule has 16 heavy (non-hydrogen) atoms. The van der Waals surface area contributed by atoms with Gasteiger partial charge in [0.1, 0.15) is 0 Å². The maximum Gasteiger partial charge on any atom is 0.338 e. The van der Waals surface area contributed by atoms with Crippen LogP contribution in [0.15, 0.2) is 47.1 Å². The van der Waals surface area contributed by atoms with Gasteiger partial charge in [0.15, 0.2) is 11.6 Å². The highest BCUT2D eigenvalue weighted by Gasteiger charge is 2.27. The molecule has 2 rings (SSSR count). The topological polar surface area (TPSA) is 60.4 Å². The second kappa shape index (κ2) is 3.73. The first-order valence-electron chi connectivity index (χ1n) is 4.62. The molecule has 4 nitrogen and oxygen atoms in total. The van der Waals surface area contributed by atoms with Crippen LogP contribution >= 0.6 is 0 Å². The van der Waals surface area contributed by atoms with E-state index in [9.17, 15) is 14.4 Å². The van der Waals surface area contributed by atoms with Gasteiger partial charge >= 0.3 is 5.97 Å². The number of ether oxygens (including phenoxy) is 1. The van der Waals surface area contributed by atoms with E-state index in [1.54, 1.807) is 12.2 Å². The molecule has 0 fully saturated rings. The molecule has 2 aliphatic rings. The Balaban J connectivity index is 2.53. The highest BCUT2D eigenvalue weighted by atomic mass is 16.5. The van der Waals surface area contributed by atoms with Gasteiger partial charge in [-0.2, -0.15) is 0 Å². The molecule has 0 saturated heterocycles. The molecule has 0 aromatic heterocycles. The van der Waals surface area contributed by atoms with Crippen LogP contribution in [0.1, 0.15) is 0 Å². The molecule has 0 spiro atoms. The highest BCUT2D eigenvalue weighted by Crippen LogP contribution is 2.28. The Labute approximate surface area is 91.6 Å². The van der Waals surface area contributed by atoms with Crippen molar-refractivity contribution >= 4 is 17.5 Å². The molecule has 0 bridgehead atoms. The van der Waals surface area contributed by atoms with Gasteiger partial charge in [-0.05, 0) is 12.2 Å². The van der Waals surface area contributed by atoms with Crippen molar-refractivity contribution < 1.29 is 19.1 Å².